The third kappa shape index (κ3) is 5.92. The van der Waals surface area contributed by atoms with Crippen molar-refractivity contribution in [2.45, 2.75) is 33.0 Å². The predicted molar refractivity (Wildman–Crippen MR) is 116 cm³/mol. The summed E-state index contributed by atoms with van der Waals surface area (Å²) in [6.07, 6.45) is 0.000169. The average molecular weight is 394 g/mol. The largest absolute Gasteiger partial charge is 0.491 e. The molecule has 3 aromatic rings. The first kappa shape index (κ1) is 21.1. The number of likely N-dealkylation sites (N-methyl/N-ethyl adjacent to an activating group) is 1. The molecule has 1 heterocycles. The third-order valence-corrected chi connectivity index (χ3v) is 5.16. The van der Waals surface area contributed by atoms with Gasteiger partial charge in [0.15, 0.2) is 0 Å². The summed E-state index contributed by atoms with van der Waals surface area (Å²) in [5, 5.41) is 4.77. The van der Waals surface area contributed by atoms with E-state index < -0.39 is 0 Å². The van der Waals surface area contributed by atoms with Crippen molar-refractivity contribution in [1.29, 1.82) is 0 Å². The Kier molecular flexibility index (Phi) is 7.44. The molecular weight excluding hydrogens is 362 g/mol. The lowest BCUT2D eigenvalue weighted by atomic mass is 10.1. The van der Waals surface area contributed by atoms with Gasteiger partial charge in [-0.25, -0.2) is 0 Å². The van der Waals surface area contributed by atoms with Crippen LogP contribution in [0.1, 0.15) is 22.5 Å². The van der Waals surface area contributed by atoms with Gasteiger partial charge in [0, 0.05) is 31.5 Å². The zero-order chi connectivity index (χ0) is 20.6. The average Bonchev–Trinajstić information content (AvgIpc) is 3.00. The van der Waals surface area contributed by atoms with E-state index in [0.29, 0.717) is 6.61 Å². The summed E-state index contributed by atoms with van der Waals surface area (Å²) < 4.78 is 13.6. The molecular formula is C24H31N3O2. The molecule has 0 amide bonds. The monoisotopic (exact) mass is 393 g/mol. The Morgan fingerprint density at radius 2 is 1.66 bits per heavy atom. The van der Waals surface area contributed by atoms with Gasteiger partial charge in [0.2, 0.25) is 0 Å². The maximum absolute atomic E-state index is 5.86. The minimum absolute atomic E-state index is 0.000169. The van der Waals surface area contributed by atoms with Gasteiger partial charge in [0.1, 0.15) is 18.5 Å². The normalized spacial score (nSPS) is 12.3. The number of hydrogen-bond donors (Lipinski definition) is 0. The van der Waals surface area contributed by atoms with E-state index in [1.165, 1.54) is 16.8 Å². The molecule has 5 heteroatoms. The molecule has 0 N–H and O–H groups in total. The van der Waals surface area contributed by atoms with Crippen LogP contribution in [0.15, 0.2) is 60.7 Å². The molecule has 1 atom stereocenters. The van der Waals surface area contributed by atoms with Crippen LogP contribution in [0.25, 0.3) is 0 Å². The molecule has 0 saturated carbocycles. The molecule has 154 valence electrons. The van der Waals surface area contributed by atoms with Crippen molar-refractivity contribution in [1.82, 2.24) is 14.7 Å². The van der Waals surface area contributed by atoms with Crippen molar-refractivity contribution in [2.75, 3.05) is 27.3 Å². The fourth-order valence-corrected chi connectivity index (χ4v) is 3.46. The fourth-order valence-electron chi connectivity index (χ4n) is 3.46. The summed E-state index contributed by atoms with van der Waals surface area (Å²) in [6.45, 7) is 7.17. The third-order valence-electron chi connectivity index (χ3n) is 5.16. The van der Waals surface area contributed by atoms with E-state index in [9.17, 15) is 0 Å². The van der Waals surface area contributed by atoms with Crippen LogP contribution in [0.3, 0.4) is 0 Å². The van der Waals surface area contributed by atoms with E-state index in [4.69, 9.17) is 14.6 Å². The van der Waals surface area contributed by atoms with Crippen molar-refractivity contribution in [2.24, 2.45) is 0 Å². The Morgan fingerprint density at radius 3 is 2.31 bits per heavy atom. The minimum atomic E-state index is 0.000169. The predicted octanol–water partition coefficient (Wildman–Crippen LogP) is 4.07. The first-order valence-electron chi connectivity index (χ1n) is 10.0. The number of benzene rings is 2. The molecule has 5 nitrogen and oxygen atoms in total. The van der Waals surface area contributed by atoms with Crippen molar-refractivity contribution in [3.63, 3.8) is 0 Å². The Hall–Kier alpha value is -2.63. The summed E-state index contributed by atoms with van der Waals surface area (Å²) in [5.41, 5.74) is 4.84. The van der Waals surface area contributed by atoms with Gasteiger partial charge in [-0.2, -0.15) is 5.10 Å². The number of para-hydroxylation sites is 1. The van der Waals surface area contributed by atoms with Crippen LogP contribution in [0, 0.1) is 13.8 Å². The van der Waals surface area contributed by atoms with Gasteiger partial charge in [-0.05, 0) is 38.6 Å². The Balaban J connectivity index is 1.58. The smallest absolute Gasteiger partial charge is 0.119 e. The van der Waals surface area contributed by atoms with Gasteiger partial charge < -0.3 is 9.47 Å². The summed E-state index contributed by atoms with van der Waals surface area (Å²) in [5.74, 6) is 0.867. The molecule has 2 aromatic carbocycles. The molecule has 3 rings (SSSR count). The highest BCUT2D eigenvalue weighted by atomic mass is 16.5. The second kappa shape index (κ2) is 10.2. The van der Waals surface area contributed by atoms with Crippen LogP contribution in [0.4, 0.5) is 0 Å². The van der Waals surface area contributed by atoms with E-state index in [0.717, 1.165) is 31.1 Å². The van der Waals surface area contributed by atoms with Gasteiger partial charge >= 0.3 is 0 Å². The standard InChI is InChI=1S/C24H31N3O2/c1-19-24(20(2)27(25-19)15-21-11-7-5-8-12-21)17-26(3)16-23(28-4)18-29-22-13-9-6-10-14-22/h5-14,23H,15-18H2,1-4H3. The van der Waals surface area contributed by atoms with Crippen LogP contribution >= 0.6 is 0 Å². The molecule has 0 aliphatic rings. The second-order valence-corrected chi connectivity index (χ2v) is 7.47. The topological polar surface area (TPSA) is 39.5 Å². The molecule has 0 saturated heterocycles. The van der Waals surface area contributed by atoms with Gasteiger partial charge in [0.25, 0.3) is 0 Å². The maximum Gasteiger partial charge on any atom is 0.119 e. The van der Waals surface area contributed by atoms with Gasteiger partial charge in [-0.15, -0.1) is 0 Å². The summed E-state index contributed by atoms with van der Waals surface area (Å²) >= 11 is 0. The van der Waals surface area contributed by atoms with E-state index in [1.54, 1.807) is 7.11 Å². The van der Waals surface area contributed by atoms with E-state index in [-0.39, 0.29) is 6.10 Å². The number of aryl methyl sites for hydroxylation is 1. The molecule has 0 bridgehead atoms. The summed E-state index contributed by atoms with van der Waals surface area (Å²) in [6, 6.07) is 20.3. The molecule has 29 heavy (non-hydrogen) atoms. The van der Waals surface area contributed by atoms with E-state index in [1.807, 2.05) is 36.4 Å². The summed E-state index contributed by atoms with van der Waals surface area (Å²) in [4.78, 5) is 2.27. The van der Waals surface area contributed by atoms with Crippen molar-refractivity contribution in [3.8, 4) is 5.75 Å². The Morgan fingerprint density at radius 1 is 1.00 bits per heavy atom. The first-order chi connectivity index (χ1) is 14.1. The maximum atomic E-state index is 5.86. The highest BCUT2D eigenvalue weighted by Gasteiger charge is 2.17. The highest BCUT2D eigenvalue weighted by molar-refractivity contribution is 5.26. The Bertz CT molecular complexity index is 878. The van der Waals surface area contributed by atoms with Crippen LogP contribution in [0.2, 0.25) is 0 Å². The Labute approximate surface area is 173 Å². The molecule has 0 aliphatic carbocycles. The van der Waals surface area contributed by atoms with Gasteiger partial charge in [0.05, 0.1) is 12.2 Å². The SMILES string of the molecule is COC(COc1ccccc1)CN(C)Cc1c(C)nn(Cc2ccccc2)c1C. The van der Waals surface area contributed by atoms with Crippen LogP contribution < -0.4 is 4.74 Å². The van der Waals surface area contributed by atoms with Crippen LogP contribution in [0.5, 0.6) is 5.75 Å². The van der Waals surface area contributed by atoms with Crippen LogP contribution in [-0.2, 0) is 17.8 Å². The summed E-state index contributed by atoms with van der Waals surface area (Å²) in [7, 11) is 3.85. The number of hydrogen-bond acceptors (Lipinski definition) is 4. The second-order valence-electron chi connectivity index (χ2n) is 7.47. The molecule has 1 aromatic heterocycles. The highest BCUT2D eigenvalue weighted by Crippen LogP contribution is 2.17. The molecule has 0 radical (unpaired) electrons. The lowest BCUT2D eigenvalue weighted by molar-refractivity contribution is 0.0335. The quantitative estimate of drug-likeness (QED) is 0.520. The zero-order valence-electron chi connectivity index (χ0n) is 17.8. The first-order valence-corrected chi connectivity index (χ1v) is 10.0. The molecule has 0 fully saturated rings. The molecule has 1 unspecified atom stereocenters. The van der Waals surface area contributed by atoms with Crippen molar-refractivity contribution in [3.05, 3.63) is 83.2 Å². The zero-order valence-corrected chi connectivity index (χ0v) is 17.8. The number of ether oxygens (including phenoxy) is 2. The van der Waals surface area contributed by atoms with Crippen molar-refractivity contribution >= 4 is 0 Å². The van der Waals surface area contributed by atoms with E-state index >= 15 is 0 Å². The molecule has 0 aliphatic heterocycles. The fraction of sp³-hybridized carbons (Fsp3) is 0.375. The number of methoxy groups -OCH3 is 1. The lowest BCUT2D eigenvalue weighted by Crippen LogP contribution is -2.34. The van der Waals surface area contributed by atoms with Crippen LogP contribution in [-0.4, -0.2) is 48.1 Å². The molecule has 0 spiro atoms. The number of nitrogens with zero attached hydrogens (tertiary/aromatic N) is 3. The van der Waals surface area contributed by atoms with Gasteiger partial charge in [-0.3, -0.25) is 9.58 Å². The number of rotatable bonds is 10. The van der Waals surface area contributed by atoms with Gasteiger partial charge in [-0.1, -0.05) is 48.5 Å². The number of aromatic nitrogens is 2. The van der Waals surface area contributed by atoms with Crippen molar-refractivity contribution < 1.29 is 9.47 Å². The minimum Gasteiger partial charge on any atom is -0.491 e. The van der Waals surface area contributed by atoms with E-state index in [2.05, 4.69) is 54.7 Å². The lowest BCUT2D eigenvalue weighted by Gasteiger charge is -2.23.